The highest BCUT2D eigenvalue weighted by atomic mass is 16.6. The topological polar surface area (TPSA) is 111 Å². The molecular formula is C19H24N4O4. The molecule has 0 spiro atoms. The van der Waals surface area contributed by atoms with Crippen molar-refractivity contribution in [3.05, 3.63) is 53.6 Å². The van der Waals surface area contributed by atoms with Gasteiger partial charge in [0.1, 0.15) is 0 Å². The Hall–Kier alpha value is -2.87. The van der Waals surface area contributed by atoms with E-state index in [0.29, 0.717) is 0 Å². The molecule has 1 aliphatic rings. The second kappa shape index (κ2) is 7.79. The van der Waals surface area contributed by atoms with Crippen LogP contribution >= 0.6 is 0 Å². The predicted molar refractivity (Wildman–Crippen MR) is 97.8 cm³/mol. The second-order valence-corrected chi connectivity index (χ2v) is 6.40. The van der Waals surface area contributed by atoms with Crippen LogP contribution < -0.4 is 5.73 Å². The largest absolute Gasteiger partial charge is 0.467 e. The molecule has 1 aromatic carbocycles. The molecule has 0 bridgehead atoms. The van der Waals surface area contributed by atoms with Crippen LogP contribution in [-0.2, 0) is 27.2 Å². The van der Waals surface area contributed by atoms with Gasteiger partial charge in [-0.25, -0.2) is 14.6 Å². The van der Waals surface area contributed by atoms with E-state index in [9.17, 15) is 9.59 Å². The molecule has 0 unspecified atom stereocenters. The molecule has 0 saturated carbocycles. The zero-order chi connectivity index (χ0) is 19.4. The summed E-state index contributed by atoms with van der Waals surface area (Å²) in [4.78, 5) is 34.8. The number of benzene rings is 1. The van der Waals surface area contributed by atoms with Crippen molar-refractivity contribution in [1.82, 2.24) is 14.9 Å². The Labute approximate surface area is 157 Å². The first kappa shape index (κ1) is 18.9. The SMILES string of the molecule is CCOC(=O)N1Cc2[nH]cnc2C[C@]1(C(=O)OC)[C@H](CN)c1ccccc1. The fraction of sp³-hybridized carbons (Fsp3) is 0.421. The number of H-pyrrole nitrogens is 1. The lowest BCUT2D eigenvalue weighted by Gasteiger charge is -2.47. The Kier molecular flexibility index (Phi) is 5.46. The minimum atomic E-state index is -1.35. The zero-order valence-electron chi connectivity index (χ0n) is 15.5. The van der Waals surface area contributed by atoms with E-state index in [4.69, 9.17) is 15.2 Å². The molecule has 3 rings (SSSR count). The highest BCUT2D eigenvalue weighted by Gasteiger charge is 2.57. The van der Waals surface area contributed by atoms with Crippen molar-refractivity contribution in [1.29, 1.82) is 0 Å². The molecule has 3 N–H and O–H groups in total. The smallest absolute Gasteiger partial charge is 0.411 e. The predicted octanol–water partition coefficient (Wildman–Crippen LogP) is 1.58. The molecule has 2 atom stereocenters. The summed E-state index contributed by atoms with van der Waals surface area (Å²) in [5, 5.41) is 0. The van der Waals surface area contributed by atoms with Crippen molar-refractivity contribution < 1.29 is 19.1 Å². The quantitative estimate of drug-likeness (QED) is 0.771. The number of carbonyl (C=O) groups excluding carboxylic acids is 2. The van der Waals surface area contributed by atoms with Crippen molar-refractivity contribution in [2.45, 2.75) is 31.3 Å². The number of nitrogens with zero attached hydrogens (tertiary/aromatic N) is 2. The molecular weight excluding hydrogens is 348 g/mol. The minimum absolute atomic E-state index is 0.148. The van der Waals surface area contributed by atoms with Crippen molar-refractivity contribution in [3.63, 3.8) is 0 Å². The van der Waals surface area contributed by atoms with Crippen molar-refractivity contribution in [2.24, 2.45) is 5.73 Å². The van der Waals surface area contributed by atoms with Crippen LogP contribution in [-0.4, -0.2) is 52.7 Å². The van der Waals surface area contributed by atoms with E-state index in [0.717, 1.165) is 17.0 Å². The number of hydrogen-bond acceptors (Lipinski definition) is 6. The van der Waals surface area contributed by atoms with Gasteiger partial charge in [0.05, 0.1) is 38.0 Å². The molecule has 1 aliphatic heterocycles. The standard InChI is InChI=1S/C19H24N4O4/c1-3-27-18(25)23-11-16-15(21-12-22-16)9-19(23,17(24)26-2)14(10-20)13-7-5-4-6-8-13/h4-8,12,14H,3,9-11,20H2,1-2H3,(H,21,22)/t14-,19-/m1/s1. The van der Waals surface area contributed by atoms with Gasteiger partial charge in [-0.3, -0.25) is 4.90 Å². The number of aromatic amines is 1. The van der Waals surface area contributed by atoms with E-state index in [1.54, 1.807) is 13.3 Å². The van der Waals surface area contributed by atoms with E-state index in [1.165, 1.54) is 12.0 Å². The summed E-state index contributed by atoms with van der Waals surface area (Å²) in [7, 11) is 1.31. The van der Waals surface area contributed by atoms with Crippen LogP contribution in [0.15, 0.2) is 36.7 Å². The van der Waals surface area contributed by atoms with Gasteiger partial charge in [0.25, 0.3) is 0 Å². The summed E-state index contributed by atoms with van der Waals surface area (Å²) in [6.07, 6.45) is 1.16. The molecule has 1 amide bonds. The maximum atomic E-state index is 13.1. The number of carbonyl (C=O) groups is 2. The molecule has 0 fully saturated rings. The molecule has 8 heteroatoms. The van der Waals surface area contributed by atoms with Crippen LogP contribution in [0, 0.1) is 0 Å². The van der Waals surface area contributed by atoms with Crippen LogP contribution in [0.25, 0.3) is 0 Å². The van der Waals surface area contributed by atoms with Gasteiger partial charge >= 0.3 is 12.1 Å². The highest BCUT2D eigenvalue weighted by Crippen LogP contribution is 2.41. The second-order valence-electron chi connectivity index (χ2n) is 6.40. The Morgan fingerprint density at radius 3 is 2.74 bits per heavy atom. The summed E-state index contributed by atoms with van der Waals surface area (Å²) < 4.78 is 10.4. The highest BCUT2D eigenvalue weighted by molar-refractivity contribution is 5.88. The number of aromatic nitrogens is 2. The third kappa shape index (κ3) is 3.16. The van der Waals surface area contributed by atoms with Crippen molar-refractivity contribution in [3.8, 4) is 0 Å². The molecule has 2 heterocycles. The molecule has 27 heavy (non-hydrogen) atoms. The third-order valence-corrected chi connectivity index (χ3v) is 5.08. The summed E-state index contributed by atoms with van der Waals surface area (Å²) in [6.45, 7) is 2.23. The third-order valence-electron chi connectivity index (χ3n) is 5.08. The number of hydrogen-bond donors (Lipinski definition) is 2. The molecule has 0 radical (unpaired) electrons. The number of nitrogens with two attached hydrogens (primary N) is 1. The lowest BCUT2D eigenvalue weighted by molar-refractivity contribution is -0.157. The first-order valence-corrected chi connectivity index (χ1v) is 8.87. The summed E-state index contributed by atoms with van der Waals surface area (Å²) in [5.41, 5.74) is 7.12. The van der Waals surface area contributed by atoms with Gasteiger partial charge in [0.2, 0.25) is 0 Å². The van der Waals surface area contributed by atoms with Gasteiger partial charge < -0.3 is 20.2 Å². The lowest BCUT2D eigenvalue weighted by atomic mass is 9.72. The summed E-state index contributed by atoms with van der Waals surface area (Å²) in [6, 6.07) is 9.43. The fourth-order valence-electron chi connectivity index (χ4n) is 3.82. The van der Waals surface area contributed by atoms with E-state index in [1.807, 2.05) is 30.3 Å². The molecule has 144 valence electrons. The number of nitrogens with one attached hydrogen (secondary N) is 1. The first-order valence-electron chi connectivity index (χ1n) is 8.87. The van der Waals surface area contributed by atoms with Gasteiger partial charge in [0, 0.05) is 18.9 Å². The van der Waals surface area contributed by atoms with Crippen molar-refractivity contribution in [2.75, 3.05) is 20.3 Å². The van der Waals surface area contributed by atoms with Gasteiger partial charge in [-0.2, -0.15) is 0 Å². The van der Waals surface area contributed by atoms with Gasteiger partial charge in [-0.05, 0) is 12.5 Å². The first-order chi connectivity index (χ1) is 13.1. The van der Waals surface area contributed by atoms with Crippen LogP contribution in [0.1, 0.15) is 29.8 Å². The maximum Gasteiger partial charge on any atom is 0.411 e. The van der Waals surface area contributed by atoms with E-state index in [2.05, 4.69) is 9.97 Å². The van der Waals surface area contributed by atoms with Gasteiger partial charge in [-0.1, -0.05) is 30.3 Å². The molecule has 0 aliphatic carbocycles. The lowest BCUT2D eigenvalue weighted by Crippen LogP contribution is -2.65. The number of fused-ring (bicyclic) bond motifs is 1. The van der Waals surface area contributed by atoms with Gasteiger partial charge in [0.15, 0.2) is 5.54 Å². The van der Waals surface area contributed by atoms with Gasteiger partial charge in [-0.15, -0.1) is 0 Å². The normalized spacial score (nSPS) is 19.9. The molecule has 2 aromatic rings. The summed E-state index contributed by atoms with van der Waals surface area (Å²) >= 11 is 0. The number of methoxy groups -OCH3 is 1. The number of rotatable bonds is 5. The van der Waals surface area contributed by atoms with Crippen LogP contribution in [0.3, 0.4) is 0 Å². The summed E-state index contributed by atoms with van der Waals surface area (Å²) in [5.74, 6) is -1.02. The Morgan fingerprint density at radius 2 is 2.11 bits per heavy atom. The van der Waals surface area contributed by atoms with Crippen LogP contribution in [0.5, 0.6) is 0 Å². The van der Waals surface area contributed by atoms with E-state index >= 15 is 0 Å². The Balaban J connectivity index is 2.19. The fourth-order valence-corrected chi connectivity index (χ4v) is 3.82. The zero-order valence-corrected chi connectivity index (χ0v) is 15.5. The van der Waals surface area contributed by atoms with Crippen molar-refractivity contribution >= 4 is 12.1 Å². The Morgan fingerprint density at radius 1 is 1.37 bits per heavy atom. The molecule has 1 aromatic heterocycles. The molecule has 8 nitrogen and oxygen atoms in total. The Bertz CT molecular complexity index is 807. The molecule has 0 saturated heterocycles. The monoisotopic (exact) mass is 372 g/mol. The minimum Gasteiger partial charge on any atom is -0.467 e. The number of ether oxygens (including phenoxy) is 2. The number of amides is 1. The number of imidazole rings is 1. The average molecular weight is 372 g/mol. The van der Waals surface area contributed by atoms with Crippen LogP contribution in [0.4, 0.5) is 4.79 Å². The van der Waals surface area contributed by atoms with Crippen LogP contribution in [0.2, 0.25) is 0 Å². The van der Waals surface area contributed by atoms with E-state index in [-0.39, 0.29) is 26.1 Å². The van der Waals surface area contributed by atoms with E-state index < -0.39 is 23.5 Å². The maximum absolute atomic E-state index is 13.1. The average Bonchev–Trinajstić information content (AvgIpc) is 3.15. The number of esters is 1.